The molecule has 1 N–H and O–H groups in total. The maximum atomic E-state index is 5.82. The van der Waals surface area contributed by atoms with Gasteiger partial charge in [-0.15, -0.1) is 5.10 Å². The zero-order valence-corrected chi connectivity index (χ0v) is 13.8. The Morgan fingerprint density at radius 1 is 1.29 bits per heavy atom. The number of rotatable bonds is 7. The van der Waals surface area contributed by atoms with E-state index < -0.39 is 0 Å². The van der Waals surface area contributed by atoms with Gasteiger partial charge >= 0.3 is 0 Å². The van der Waals surface area contributed by atoms with Crippen LogP contribution in [0.15, 0.2) is 12.1 Å². The first-order valence-corrected chi connectivity index (χ1v) is 8.07. The number of nitrogens with one attached hydrogen (secondary N) is 1. The van der Waals surface area contributed by atoms with Gasteiger partial charge in [-0.2, -0.15) is 0 Å². The molecule has 0 aromatic carbocycles. The van der Waals surface area contributed by atoms with Crippen molar-refractivity contribution in [3.63, 3.8) is 0 Å². The Hall–Kier alpha value is -1.53. The van der Waals surface area contributed by atoms with Gasteiger partial charge in [0.15, 0.2) is 5.75 Å². The summed E-state index contributed by atoms with van der Waals surface area (Å²) in [6.45, 7) is 10.1. The van der Waals surface area contributed by atoms with E-state index in [1.54, 1.807) is 0 Å². The van der Waals surface area contributed by atoms with Crippen molar-refractivity contribution in [3.8, 4) is 10.9 Å². The molecular weight excluding hydrogens is 284 g/mol. The summed E-state index contributed by atoms with van der Waals surface area (Å²) >= 11 is 1.47. The average Bonchev–Trinajstić information content (AvgIpc) is 2.88. The monoisotopic (exact) mass is 306 g/mol. The molecule has 6 heteroatoms. The Kier molecular flexibility index (Phi) is 5.64. The SMILES string of the molecule is CCc1nc(C)ccc1Oc1nnc(CNCC(C)C)s1. The lowest BCUT2D eigenvalue weighted by Gasteiger charge is -2.06. The summed E-state index contributed by atoms with van der Waals surface area (Å²) in [4.78, 5) is 4.48. The van der Waals surface area contributed by atoms with Gasteiger partial charge in [-0.1, -0.05) is 37.2 Å². The van der Waals surface area contributed by atoms with Crippen molar-refractivity contribution in [3.05, 3.63) is 28.5 Å². The van der Waals surface area contributed by atoms with Gasteiger partial charge in [0.1, 0.15) is 5.01 Å². The maximum Gasteiger partial charge on any atom is 0.299 e. The highest BCUT2D eigenvalue weighted by molar-refractivity contribution is 7.13. The van der Waals surface area contributed by atoms with Gasteiger partial charge in [-0.25, -0.2) is 0 Å². The van der Waals surface area contributed by atoms with E-state index in [-0.39, 0.29) is 0 Å². The summed E-state index contributed by atoms with van der Waals surface area (Å²) in [6, 6.07) is 3.89. The molecule has 0 bridgehead atoms. The minimum Gasteiger partial charge on any atom is -0.428 e. The van der Waals surface area contributed by atoms with Crippen LogP contribution < -0.4 is 10.1 Å². The Morgan fingerprint density at radius 2 is 2.10 bits per heavy atom. The number of hydrogen-bond acceptors (Lipinski definition) is 6. The Labute approximate surface area is 129 Å². The van der Waals surface area contributed by atoms with Crippen LogP contribution in [0.3, 0.4) is 0 Å². The van der Waals surface area contributed by atoms with Gasteiger partial charge in [-0.3, -0.25) is 4.98 Å². The summed E-state index contributed by atoms with van der Waals surface area (Å²) in [5.41, 5.74) is 1.94. The van der Waals surface area contributed by atoms with Gasteiger partial charge in [0.25, 0.3) is 5.19 Å². The molecular formula is C15H22N4OS. The van der Waals surface area contributed by atoms with Gasteiger partial charge in [0.2, 0.25) is 0 Å². The van der Waals surface area contributed by atoms with E-state index in [2.05, 4.69) is 41.3 Å². The zero-order chi connectivity index (χ0) is 15.2. The number of nitrogens with zero attached hydrogens (tertiary/aromatic N) is 3. The summed E-state index contributed by atoms with van der Waals surface area (Å²) in [7, 11) is 0. The molecule has 0 saturated carbocycles. The van der Waals surface area contributed by atoms with Crippen molar-refractivity contribution in [1.82, 2.24) is 20.5 Å². The number of hydrogen-bond donors (Lipinski definition) is 1. The van der Waals surface area contributed by atoms with Crippen molar-refractivity contribution in [2.75, 3.05) is 6.54 Å². The third kappa shape index (κ3) is 4.75. The lowest BCUT2D eigenvalue weighted by molar-refractivity contribution is 0.463. The van der Waals surface area contributed by atoms with E-state index in [0.29, 0.717) is 11.1 Å². The molecule has 0 aliphatic rings. The van der Waals surface area contributed by atoms with Crippen molar-refractivity contribution in [2.45, 2.75) is 40.7 Å². The molecule has 2 aromatic heterocycles. The lowest BCUT2D eigenvalue weighted by atomic mass is 10.2. The second kappa shape index (κ2) is 7.47. The van der Waals surface area contributed by atoms with E-state index in [0.717, 1.165) is 41.7 Å². The number of ether oxygens (including phenoxy) is 1. The average molecular weight is 306 g/mol. The molecule has 0 aliphatic carbocycles. The van der Waals surface area contributed by atoms with Crippen LogP contribution in [0.5, 0.6) is 10.9 Å². The van der Waals surface area contributed by atoms with Crippen LogP contribution in [0.4, 0.5) is 0 Å². The Balaban J connectivity index is 1.99. The fourth-order valence-electron chi connectivity index (χ4n) is 1.86. The molecule has 21 heavy (non-hydrogen) atoms. The van der Waals surface area contributed by atoms with Gasteiger partial charge in [-0.05, 0) is 37.9 Å². The van der Waals surface area contributed by atoms with Crippen LogP contribution in [0.25, 0.3) is 0 Å². The number of aryl methyl sites for hydroxylation is 2. The Bertz CT molecular complexity index is 583. The molecule has 0 atom stereocenters. The molecule has 2 rings (SSSR count). The van der Waals surface area contributed by atoms with Crippen molar-refractivity contribution in [2.24, 2.45) is 5.92 Å². The fourth-order valence-corrected chi connectivity index (χ4v) is 2.53. The second-order valence-electron chi connectivity index (χ2n) is 5.34. The molecule has 2 heterocycles. The van der Waals surface area contributed by atoms with E-state index in [1.165, 1.54) is 11.3 Å². The molecule has 0 unspecified atom stereocenters. The third-order valence-corrected chi connectivity index (χ3v) is 3.68. The fraction of sp³-hybridized carbons (Fsp3) is 0.533. The largest absolute Gasteiger partial charge is 0.428 e. The molecule has 0 spiro atoms. The van der Waals surface area contributed by atoms with Gasteiger partial charge in [0.05, 0.1) is 5.69 Å². The predicted octanol–water partition coefficient (Wildman–Crippen LogP) is 3.34. The standard InChI is InChI=1S/C15H22N4OS/c1-5-12-13(7-6-11(4)17-12)20-15-19-18-14(21-15)9-16-8-10(2)3/h6-7,10,16H,5,8-9H2,1-4H3. The zero-order valence-electron chi connectivity index (χ0n) is 13.0. The van der Waals surface area contributed by atoms with E-state index in [4.69, 9.17) is 4.74 Å². The summed E-state index contributed by atoms with van der Waals surface area (Å²) in [5.74, 6) is 1.39. The van der Waals surface area contributed by atoms with E-state index in [9.17, 15) is 0 Å². The van der Waals surface area contributed by atoms with Crippen molar-refractivity contribution in [1.29, 1.82) is 0 Å². The predicted molar refractivity (Wildman–Crippen MR) is 84.9 cm³/mol. The van der Waals surface area contributed by atoms with Crippen LogP contribution >= 0.6 is 11.3 Å². The third-order valence-electron chi connectivity index (χ3n) is 2.88. The highest BCUT2D eigenvalue weighted by atomic mass is 32.1. The molecule has 2 aromatic rings. The lowest BCUT2D eigenvalue weighted by Crippen LogP contribution is -2.18. The molecule has 114 valence electrons. The van der Waals surface area contributed by atoms with Crippen LogP contribution in [0.2, 0.25) is 0 Å². The first-order valence-electron chi connectivity index (χ1n) is 7.26. The topological polar surface area (TPSA) is 59.9 Å². The van der Waals surface area contributed by atoms with E-state index in [1.807, 2.05) is 19.1 Å². The molecule has 0 aliphatic heterocycles. The van der Waals surface area contributed by atoms with Crippen LogP contribution in [0, 0.1) is 12.8 Å². The van der Waals surface area contributed by atoms with Gasteiger partial charge < -0.3 is 10.1 Å². The Morgan fingerprint density at radius 3 is 2.81 bits per heavy atom. The maximum absolute atomic E-state index is 5.82. The normalized spacial score (nSPS) is 11.1. The number of aromatic nitrogens is 3. The molecule has 0 fully saturated rings. The summed E-state index contributed by atoms with van der Waals surface area (Å²) in [5, 5.41) is 13.1. The van der Waals surface area contributed by atoms with Crippen LogP contribution in [0.1, 0.15) is 37.2 Å². The van der Waals surface area contributed by atoms with Crippen LogP contribution in [-0.2, 0) is 13.0 Å². The molecule has 5 nitrogen and oxygen atoms in total. The highest BCUT2D eigenvalue weighted by Crippen LogP contribution is 2.27. The smallest absolute Gasteiger partial charge is 0.299 e. The second-order valence-corrected chi connectivity index (χ2v) is 6.36. The first kappa shape index (κ1) is 15.9. The van der Waals surface area contributed by atoms with Crippen LogP contribution in [-0.4, -0.2) is 21.7 Å². The molecule has 0 amide bonds. The molecule has 0 saturated heterocycles. The highest BCUT2D eigenvalue weighted by Gasteiger charge is 2.10. The summed E-state index contributed by atoms with van der Waals surface area (Å²) in [6.07, 6.45) is 0.832. The molecule has 0 radical (unpaired) electrons. The quantitative estimate of drug-likeness (QED) is 0.850. The minimum absolute atomic E-state index is 0.566. The number of pyridine rings is 1. The van der Waals surface area contributed by atoms with Crippen molar-refractivity contribution < 1.29 is 4.74 Å². The minimum atomic E-state index is 0.566. The summed E-state index contributed by atoms with van der Waals surface area (Å²) < 4.78 is 5.82. The van der Waals surface area contributed by atoms with E-state index >= 15 is 0 Å². The van der Waals surface area contributed by atoms with Crippen molar-refractivity contribution >= 4 is 11.3 Å². The van der Waals surface area contributed by atoms with Gasteiger partial charge in [0, 0.05) is 12.2 Å². The first-order chi connectivity index (χ1) is 10.1.